The molecule has 13 nitrogen and oxygen atoms in total. The highest BCUT2D eigenvalue weighted by Crippen LogP contribution is 2.33. The maximum atomic E-state index is 14.1. The van der Waals surface area contributed by atoms with Gasteiger partial charge in [0, 0.05) is 46.9 Å². The highest BCUT2D eigenvalue weighted by atomic mass is 32.2. The summed E-state index contributed by atoms with van der Waals surface area (Å²) in [5, 5.41) is 1.21. The Morgan fingerprint density at radius 1 is 1.14 bits per heavy atom. The molecule has 246 valence electrons. The van der Waals surface area contributed by atoms with Crippen LogP contribution in [0.4, 0.5) is 5.69 Å². The van der Waals surface area contributed by atoms with Crippen molar-refractivity contribution in [1.29, 1.82) is 0 Å². The standard InChI is InChI=1S/C30H48N6O7S/c1-6-8-23(3)27-28(34(4)31)30(37)33-29(32-27)25-22-24(9-10-26(25)43-16-7-2)44(38,39)36(15-19-42-21-20-40-5)12-11-35-13-17-41-18-14-35/h9-10,22H,3,6-8,11-21,31H2,1-2,4-5H3,(H,32,33,37). The molecule has 0 spiro atoms. The molecule has 1 aromatic carbocycles. The Labute approximate surface area is 260 Å². The van der Waals surface area contributed by atoms with Crippen molar-refractivity contribution < 1.29 is 27.4 Å². The highest BCUT2D eigenvalue weighted by molar-refractivity contribution is 7.89. The average Bonchev–Trinajstić information content (AvgIpc) is 3.01. The molecule has 2 heterocycles. The second-order valence-electron chi connectivity index (χ2n) is 10.5. The first-order valence-electron chi connectivity index (χ1n) is 15.1. The zero-order chi connectivity index (χ0) is 32.1. The number of allylic oxidation sites excluding steroid dienone is 1. The van der Waals surface area contributed by atoms with Crippen LogP contribution in [0, 0.1) is 0 Å². The van der Waals surface area contributed by atoms with Crippen LogP contribution in [0.15, 0.2) is 34.5 Å². The fourth-order valence-corrected chi connectivity index (χ4v) is 6.21. The number of nitrogens with one attached hydrogen (secondary N) is 1. The molecule has 0 amide bonds. The highest BCUT2D eigenvalue weighted by Gasteiger charge is 2.28. The molecule has 1 aliphatic rings. The van der Waals surface area contributed by atoms with Crippen LogP contribution >= 0.6 is 0 Å². The summed E-state index contributed by atoms with van der Waals surface area (Å²) in [5.41, 5.74) is 1.05. The second-order valence-corrected chi connectivity index (χ2v) is 12.5. The van der Waals surface area contributed by atoms with Crippen LogP contribution in [-0.2, 0) is 24.2 Å². The zero-order valence-corrected chi connectivity index (χ0v) is 27.3. The third kappa shape index (κ3) is 9.57. The van der Waals surface area contributed by atoms with Gasteiger partial charge in [0.15, 0.2) is 0 Å². The van der Waals surface area contributed by atoms with Crippen LogP contribution < -0.4 is 21.1 Å². The first kappa shape index (κ1) is 35.6. The molecule has 44 heavy (non-hydrogen) atoms. The number of sulfonamides is 1. The van der Waals surface area contributed by atoms with Crippen molar-refractivity contribution in [1.82, 2.24) is 19.2 Å². The first-order chi connectivity index (χ1) is 21.1. The van der Waals surface area contributed by atoms with Crippen LogP contribution in [-0.4, -0.2) is 114 Å². The van der Waals surface area contributed by atoms with Gasteiger partial charge in [-0.2, -0.15) is 4.31 Å². The Morgan fingerprint density at radius 2 is 1.89 bits per heavy atom. The molecule has 1 fully saturated rings. The summed E-state index contributed by atoms with van der Waals surface area (Å²) in [5.74, 6) is 6.56. The lowest BCUT2D eigenvalue weighted by Gasteiger charge is -2.30. The van der Waals surface area contributed by atoms with E-state index in [1.54, 1.807) is 20.2 Å². The minimum Gasteiger partial charge on any atom is -0.493 e. The monoisotopic (exact) mass is 636 g/mol. The van der Waals surface area contributed by atoms with E-state index in [0.717, 1.165) is 25.9 Å². The smallest absolute Gasteiger partial charge is 0.276 e. The van der Waals surface area contributed by atoms with E-state index in [9.17, 15) is 13.2 Å². The number of hydrogen-bond donors (Lipinski definition) is 2. The lowest BCUT2D eigenvalue weighted by molar-refractivity contribution is 0.0342. The van der Waals surface area contributed by atoms with Crippen LogP contribution in [0.2, 0.25) is 0 Å². The normalized spacial score (nSPS) is 14.2. The van der Waals surface area contributed by atoms with E-state index in [-0.39, 0.29) is 36.1 Å². The number of nitrogens with zero attached hydrogens (tertiary/aromatic N) is 4. The van der Waals surface area contributed by atoms with Crippen molar-refractivity contribution in [2.75, 3.05) is 91.5 Å². The summed E-state index contributed by atoms with van der Waals surface area (Å²) in [7, 11) is -0.845. The number of morpholine rings is 1. The molecular weight excluding hydrogens is 588 g/mol. The molecule has 1 aromatic heterocycles. The number of hydrazine groups is 1. The Bertz CT molecular complexity index is 1380. The average molecular weight is 637 g/mol. The molecule has 0 atom stereocenters. The van der Waals surface area contributed by atoms with Crippen molar-refractivity contribution in [3.63, 3.8) is 0 Å². The molecular formula is C30H48N6O7S. The van der Waals surface area contributed by atoms with Gasteiger partial charge in [-0.15, -0.1) is 0 Å². The number of anilines is 1. The topological polar surface area (TPSA) is 153 Å². The number of aromatic amines is 1. The summed E-state index contributed by atoms with van der Waals surface area (Å²) in [6.45, 7) is 13.2. The van der Waals surface area contributed by atoms with Crippen molar-refractivity contribution in [3.05, 3.63) is 40.8 Å². The summed E-state index contributed by atoms with van der Waals surface area (Å²) in [4.78, 5) is 23.0. The van der Waals surface area contributed by atoms with Gasteiger partial charge in [0.2, 0.25) is 10.0 Å². The SMILES string of the molecule is C=C(CCC)c1nc(-c2cc(S(=O)(=O)N(CCOCCOC)CCN3CCOCC3)ccc2OCCC)[nH]c(=O)c1N(C)N. The van der Waals surface area contributed by atoms with Crippen molar-refractivity contribution >= 4 is 21.3 Å². The summed E-state index contributed by atoms with van der Waals surface area (Å²) in [6, 6.07) is 4.63. The minimum absolute atomic E-state index is 0.0480. The largest absolute Gasteiger partial charge is 0.493 e. The summed E-state index contributed by atoms with van der Waals surface area (Å²) >= 11 is 0. The molecule has 0 aliphatic carbocycles. The van der Waals surface area contributed by atoms with Crippen LogP contribution in [0.25, 0.3) is 17.0 Å². The molecule has 0 unspecified atom stereocenters. The van der Waals surface area contributed by atoms with E-state index in [2.05, 4.69) is 16.5 Å². The fourth-order valence-electron chi connectivity index (χ4n) is 4.77. The number of benzene rings is 1. The summed E-state index contributed by atoms with van der Waals surface area (Å²) < 4.78 is 51.8. The number of nitrogens with two attached hydrogens (primary N) is 1. The molecule has 2 aromatic rings. The number of aromatic nitrogens is 2. The zero-order valence-electron chi connectivity index (χ0n) is 26.5. The third-order valence-corrected chi connectivity index (χ3v) is 9.02. The van der Waals surface area contributed by atoms with Gasteiger partial charge >= 0.3 is 0 Å². The van der Waals surface area contributed by atoms with Crippen molar-refractivity contribution in [3.8, 4) is 17.1 Å². The van der Waals surface area contributed by atoms with E-state index in [1.807, 2.05) is 13.8 Å². The van der Waals surface area contributed by atoms with E-state index in [0.29, 0.717) is 68.6 Å². The maximum Gasteiger partial charge on any atom is 0.276 e. The molecule has 1 saturated heterocycles. The van der Waals surface area contributed by atoms with Gasteiger partial charge in [-0.25, -0.2) is 19.2 Å². The Kier molecular flexibility index (Phi) is 14.2. The van der Waals surface area contributed by atoms with Gasteiger partial charge in [0.05, 0.1) is 55.8 Å². The molecule has 1 aliphatic heterocycles. The predicted octanol–water partition coefficient (Wildman–Crippen LogP) is 2.33. The van der Waals surface area contributed by atoms with E-state index in [4.69, 9.17) is 29.8 Å². The molecule has 0 bridgehead atoms. The van der Waals surface area contributed by atoms with E-state index >= 15 is 0 Å². The maximum absolute atomic E-state index is 14.1. The number of hydrogen-bond acceptors (Lipinski definition) is 11. The Morgan fingerprint density at radius 3 is 2.55 bits per heavy atom. The first-order valence-corrected chi connectivity index (χ1v) is 16.5. The summed E-state index contributed by atoms with van der Waals surface area (Å²) in [6.07, 6.45) is 2.14. The lowest BCUT2D eigenvalue weighted by Crippen LogP contribution is -2.44. The molecule has 3 rings (SSSR count). The number of H-pyrrole nitrogens is 1. The van der Waals surface area contributed by atoms with Gasteiger partial charge in [-0.05, 0) is 36.6 Å². The van der Waals surface area contributed by atoms with Gasteiger partial charge in [-0.1, -0.05) is 26.8 Å². The van der Waals surface area contributed by atoms with E-state index in [1.165, 1.54) is 21.4 Å². The fraction of sp³-hybridized carbons (Fsp3) is 0.600. The van der Waals surface area contributed by atoms with Crippen LogP contribution in [0.1, 0.15) is 38.8 Å². The van der Waals surface area contributed by atoms with Crippen LogP contribution in [0.5, 0.6) is 5.75 Å². The van der Waals surface area contributed by atoms with Crippen LogP contribution in [0.3, 0.4) is 0 Å². The molecule has 14 heteroatoms. The van der Waals surface area contributed by atoms with Crippen molar-refractivity contribution in [2.24, 2.45) is 5.84 Å². The molecule has 3 N–H and O–H groups in total. The number of rotatable bonds is 19. The Hall–Kier alpha value is -2.85. The lowest BCUT2D eigenvalue weighted by atomic mass is 10.1. The van der Waals surface area contributed by atoms with Gasteiger partial charge in [-0.3, -0.25) is 9.69 Å². The quantitative estimate of drug-likeness (QED) is 0.133. The molecule has 0 radical (unpaired) electrons. The Balaban J connectivity index is 2.05. The van der Waals surface area contributed by atoms with Gasteiger partial charge in [0.25, 0.3) is 5.56 Å². The molecule has 0 saturated carbocycles. The van der Waals surface area contributed by atoms with Gasteiger partial charge in [0.1, 0.15) is 17.3 Å². The third-order valence-electron chi connectivity index (χ3n) is 7.13. The van der Waals surface area contributed by atoms with E-state index < -0.39 is 15.6 Å². The number of ether oxygens (including phenoxy) is 4. The second kappa shape index (κ2) is 17.6. The number of methoxy groups -OCH3 is 1. The predicted molar refractivity (Wildman–Crippen MR) is 171 cm³/mol. The minimum atomic E-state index is -3.99. The van der Waals surface area contributed by atoms with Crippen molar-refractivity contribution in [2.45, 2.75) is 38.0 Å². The van der Waals surface area contributed by atoms with Gasteiger partial charge < -0.3 is 28.9 Å².